The average molecular weight is 249 g/mol. The van der Waals surface area contributed by atoms with E-state index in [-0.39, 0.29) is 5.91 Å². The van der Waals surface area contributed by atoms with Gasteiger partial charge in [-0.25, -0.2) is 4.98 Å². The Morgan fingerprint density at radius 3 is 2.72 bits per heavy atom. The van der Waals surface area contributed by atoms with Crippen molar-refractivity contribution < 1.29 is 4.79 Å². The van der Waals surface area contributed by atoms with Gasteiger partial charge in [0.2, 0.25) is 5.91 Å². The molecule has 0 atom stereocenters. The zero-order valence-electron chi connectivity index (χ0n) is 11.3. The van der Waals surface area contributed by atoms with Gasteiger partial charge >= 0.3 is 0 Å². The lowest BCUT2D eigenvalue weighted by Gasteiger charge is -2.45. The van der Waals surface area contributed by atoms with E-state index >= 15 is 0 Å². The normalized spacial score (nSPS) is 19.0. The molecule has 18 heavy (non-hydrogen) atoms. The molecule has 1 aliphatic rings. The molecule has 2 rings (SSSR count). The molecule has 0 aliphatic carbocycles. The van der Waals surface area contributed by atoms with Crippen molar-refractivity contribution >= 4 is 17.5 Å². The minimum Gasteiger partial charge on any atom is -0.372 e. The van der Waals surface area contributed by atoms with Crippen LogP contribution in [-0.2, 0) is 4.79 Å². The third kappa shape index (κ3) is 1.98. The number of hydrogen-bond donors (Lipinski definition) is 1. The fourth-order valence-corrected chi connectivity index (χ4v) is 2.22. The second-order valence-corrected chi connectivity index (χ2v) is 4.95. The topological polar surface area (TPSA) is 61.4 Å². The van der Waals surface area contributed by atoms with Crippen LogP contribution in [0.15, 0.2) is 12.4 Å². The van der Waals surface area contributed by atoms with Crippen molar-refractivity contribution in [1.29, 1.82) is 0 Å². The van der Waals surface area contributed by atoms with Gasteiger partial charge in [-0.2, -0.15) is 0 Å². The summed E-state index contributed by atoms with van der Waals surface area (Å²) in [5, 5.41) is 2.96. The second kappa shape index (κ2) is 4.44. The van der Waals surface area contributed by atoms with Crippen molar-refractivity contribution in [2.75, 3.05) is 37.4 Å². The van der Waals surface area contributed by atoms with E-state index in [0.29, 0.717) is 12.4 Å². The summed E-state index contributed by atoms with van der Waals surface area (Å²) in [4.78, 5) is 24.6. The third-order valence-electron chi connectivity index (χ3n) is 3.36. The Hall–Kier alpha value is -1.85. The molecule has 0 bridgehead atoms. The number of carbonyl (C=O) groups is 1. The van der Waals surface area contributed by atoms with Crippen LogP contribution in [0.4, 0.5) is 11.6 Å². The summed E-state index contributed by atoms with van der Waals surface area (Å²) in [5.74, 6) is 1.54. The van der Waals surface area contributed by atoms with Crippen LogP contribution < -0.4 is 10.2 Å². The fourth-order valence-electron chi connectivity index (χ4n) is 2.22. The highest BCUT2D eigenvalue weighted by molar-refractivity contribution is 5.90. The summed E-state index contributed by atoms with van der Waals surface area (Å²) in [7, 11) is 3.63. The second-order valence-electron chi connectivity index (χ2n) is 4.95. The number of aromatic nitrogens is 2. The fraction of sp³-hybridized carbons (Fsp3) is 0.583. The van der Waals surface area contributed by atoms with Crippen molar-refractivity contribution in [3.05, 3.63) is 12.4 Å². The molecule has 2 heterocycles. The lowest BCUT2D eigenvalue weighted by Crippen LogP contribution is -2.62. The maximum Gasteiger partial charge on any atom is 0.247 e. The number of amides is 1. The van der Waals surface area contributed by atoms with Crippen molar-refractivity contribution in [2.45, 2.75) is 19.4 Å². The van der Waals surface area contributed by atoms with Crippen LogP contribution >= 0.6 is 0 Å². The quantitative estimate of drug-likeness (QED) is 0.830. The molecule has 1 aromatic heterocycles. The number of anilines is 2. The van der Waals surface area contributed by atoms with E-state index in [1.54, 1.807) is 24.3 Å². The number of carbonyl (C=O) groups excluding carboxylic acids is 1. The molecule has 6 heteroatoms. The van der Waals surface area contributed by atoms with Crippen LogP contribution in [-0.4, -0.2) is 53.5 Å². The lowest BCUT2D eigenvalue weighted by atomic mass is 9.98. The monoisotopic (exact) mass is 249 g/mol. The average Bonchev–Trinajstić information content (AvgIpc) is 2.36. The van der Waals surface area contributed by atoms with E-state index in [1.807, 2.05) is 25.8 Å². The molecule has 0 spiro atoms. The van der Waals surface area contributed by atoms with Crippen molar-refractivity contribution in [1.82, 2.24) is 14.9 Å². The predicted octanol–water partition coefficient (Wildman–Crippen LogP) is 0.575. The molecule has 0 unspecified atom stereocenters. The highest BCUT2D eigenvalue weighted by Crippen LogP contribution is 2.27. The summed E-state index contributed by atoms with van der Waals surface area (Å²) in [6.45, 7) is 5.29. The molecule has 1 aromatic rings. The van der Waals surface area contributed by atoms with Gasteiger partial charge in [-0.1, -0.05) is 0 Å². The van der Waals surface area contributed by atoms with E-state index in [9.17, 15) is 4.79 Å². The molecule has 0 saturated carbocycles. The summed E-state index contributed by atoms with van der Waals surface area (Å²) >= 11 is 0. The highest BCUT2D eigenvalue weighted by Gasteiger charge is 2.41. The largest absolute Gasteiger partial charge is 0.372 e. The first-order valence-electron chi connectivity index (χ1n) is 6.00. The summed E-state index contributed by atoms with van der Waals surface area (Å²) in [6.07, 6.45) is 3.36. The first kappa shape index (κ1) is 12.6. The summed E-state index contributed by atoms with van der Waals surface area (Å²) in [6, 6.07) is 0. The SMILES string of the molecule is CNc1cncc(N2CCN(C)C(=O)C2(C)C)n1. The first-order chi connectivity index (χ1) is 8.46. The van der Waals surface area contributed by atoms with E-state index in [0.717, 1.165) is 12.4 Å². The van der Waals surface area contributed by atoms with Crippen LogP contribution in [0.3, 0.4) is 0 Å². The van der Waals surface area contributed by atoms with Crippen LogP contribution in [0.1, 0.15) is 13.8 Å². The van der Waals surface area contributed by atoms with Crippen molar-refractivity contribution in [2.24, 2.45) is 0 Å². The highest BCUT2D eigenvalue weighted by atomic mass is 16.2. The van der Waals surface area contributed by atoms with Gasteiger partial charge in [-0.05, 0) is 13.8 Å². The Morgan fingerprint density at radius 1 is 1.33 bits per heavy atom. The molecule has 98 valence electrons. The molecule has 1 N–H and O–H groups in total. The van der Waals surface area contributed by atoms with E-state index < -0.39 is 5.54 Å². The molecular weight excluding hydrogens is 230 g/mol. The van der Waals surface area contributed by atoms with Gasteiger partial charge < -0.3 is 15.1 Å². The van der Waals surface area contributed by atoms with Crippen LogP contribution in [0.25, 0.3) is 0 Å². The number of rotatable bonds is 2. The maximum absolute atomic E-state index is 12.2. The number of nitrogens with zero attached hydrogens (tertiary/aromatic N) is 4. The third-order valence-corrected chi connectivity index (χ3v) is 3.36. The van der Waals surface area contributed by atoms with Gasteiger partial charge in [-0.15, -0.1) is 0 Å². The Morgan fingerprint density at radius 2 is 2.06 bits per heavy atom. The summed E-state index contributed by atoms with van der Waals surface area (Å²) < 4.78 is 0. The molecule has 0 aromatic carbocycles. The van der Waals surface area contributed by atoms with Crippen molar-refractivity contribution in [3.8, 4) is 0 Å². The number of nitrogens with one attached hydrogen (secondary N) is 1. The molecule has 1 saturated heterocycles. The number of likely N-dealkylation sites (N-methyl/N-ethyl adjacent to an activating group) is 1. The minimum atomic E-state index is -0.589. The molecule has 1 fully saturated rings. The van der Waals surface area contributed by atoms with Crippen LogP contribution in [0.5, 0.6) is 0 Å². The maximum atomic E-state index is 12.2. The minimum absolute atomic E-state index is 0.102. The Balaban J connectivity index is 2.34. The van der Waals surface area contributed by atoms with Gasteiger partial charge in [-0.3, -0.25) is 9.78 Å². The van der Waals surface area contributed by atoms with Gasteiger partial charge in [0.15, 0.2) is 0 Å². The van der Waals surface area contributed by atoms with Gasteiger partial charge in [0.25, 0.3) is 0 Å². The van der Waals surface area contributed by atoms with Crippen molar-refractivity contribution in [3.63, 3.8) is 0 Å². The number of piperazine rings is 1. The molecule has 1 aliphatic heterocycles. The first-order valence-corrected chi connectivity index (χ1v) is 6.00. The molecule has 6 nitrogen and oxygen atoms in total. The van der Waals surface area contributed by atoms with E-state index in [4.69, 9.17) is 0 Å². The standard InChI is InChI=1S/C12H19N5O/c1-12(2)11(18)16(4)5-6-17(12)10-8-14-7-9(13-3)15-10/h7-8H,5-6H2,1-4H3,(H,13,15). The predicted molar refractivity (Wildman–Crippen MR) is 70.6 cm³/mol. The smallest absolute Gasteiger partial charge is 0.247 e. The van der Waals surface area contributed by atoms with Gasteiger partial charge in [0.05, 0.1) is 12.4 Å². The van der Waals surface area contributed by atoms with Gasteiger partial charge in [0, 0.05) is 27.2 Å². The Labute approximate surface area is 107 Å². The zero-order chi connectivity index (χ0) is 13.3. The van der Waals surface area contributed by atoms with E-state index in [2.05, 4.69) is 15.3 Å². The lowest BCUT2D eigenvalue weighted by molar-refractivity contribution is -0.136. The molecule has 0 radical (unpaired) electrons. The molecule has 1 amide bonds. The Bertz CT molecular complexity index is 460. The molecular formula is C12H19N5O. The summed E-state index contributed by atoms with van der Waals surface area (Å²) in [5.41, 5.74) is -0.589. The number of hydrogen-bond acceptors (Lipinski definition) is 5. The zero-order valence-corrected chi connectivity index (χ0v) is 11.3. The van der Waals surface area contributed by atoms with Crippen LogP contribution in [0, 0.1) is 0 Å². The van der Waals surface area contributed by atoms with Crippen LogP contribution in [0.2, 0.25) is 0 Å². The van der Waals surface area contributed by atoms with Gasteiger partial charge in [0.1, 0.15) is 17.2 Å². The van der Waals surface area contributed by atoms with E-state index in [1.165, 1.54) is 0 Å². The Kier molecular flexibility index (Phi) is 3.11.